The van der Waals surface area contributed by atoms with Gasteiger partial charge in [0.15, 0.2) is 0 Å². The smallest absolute Gasteiger partial charge is 0.380 e. The number of carbonyl (C=O) groups is 2. The molecule has 2 heterocycles. The van der Waals surface area contributed by atoms with Gasteiger partial charge >= 0.3 is 6.18 Å². The third kappa shape index (κ3) is 4.63. The lowest BCUT2D eigenvalue weighted by Crippen LogP contribution is -2.54. The lowest BCUT2D eigenvalue weighted by Gasteiger charge is -2.39. The molecule has 0 unspecified atom stereocenters. The zero-order valence-corrected chi connectivity index (χ0v) is 15.5. The van der Waals surface area contributed by atoms with Crippen molar-refractivity contribution < 1.29 is 27.9 Å². The van der Waals surface area contributed by atoms with Crippen LogP contribution in [-0.4, -0.2) is 45.5 Å². The predicted molar refractivity (Wildman–Crippen MR) is 95.2 cm³/mol. The minimum Gasteiger partial charge on any atom is -0.380 e. The number of carbonyl (C=O) groups excluding carboxylic acids is 2. The van der Waals surface area contributed by atoms with E-state index in [1.54, 1.807) is 4.90 Å². The Morgan fingerprint density at radius 2 is 1.89 bits per heavy atom. The van der Waals surface area contributed by atoms with E-state index in [9.17, 15) is 27.9 Å². The van der Waals surface area contributed by atoms with E-state index >= 15 is 0 Å². The quantitative estimate of drug-likeness (QED) is 0.819. The summed E-state index contributed by atoms with van der Waals surface area (Å²) in [4.78, 5) is 30.4. The maximum atomic E-state index is 12.8. The summed E-state index contributed by atoms with van der Waals surface area (Å²) in [6.45, 7) is 0.678. The van der Waals surface area contributed by atoms with Crippen molar-refractivity contribution in [3.8, 4) is 0 Å². The van der Waals surface area contributed by atoms with Gasteiger partial charge in [-0.05, 0) is 37.8 Å². The first-order valence-corrected chi connectivity index (χ1v) is 9.55. The van der Waals surface area contributed by atoms with E-state index in [0.717, 1.165) is 31.4 Å². The van der Waals surface area contributed by atoms with Crippen molar-refractivity contribution in [3.63, 3.8) is 0 Å². The lowest BCUT2D eigenvalue weighted by molar-refractivity contribution is -0.157. The maximum absolute atomic E-state index is 12.8. The van der Waals surface area contributed by atoms with Crippen molar-refractivity contribution in [3.05, 3.63) is 23.9 Å². The van der Waals surface area contributed by atoms with Gasteiger partial charge < -0.3 is 15.3 Å². The zero-order valence-electron chi connectivity index (χ0n) is 15.5. The van der Waals surface area contributed by atoms with Crippen molar-refractivity contribution in [2.75, 3.05) is 18.4 Å². The molecule has 3 rings (SSSR count). The lowest BCUT2D eigenvalue weighted by atomic mass is 9.83. The van der Waals surface area contributed by atoms with E-state index in [-0.39, 0.29) is 24.2 Å². The Morgan fingerprint density at radius 1 is 1.18 bits per heavy atom. The molecule has 9 heteroatoms. The first kappa shape index (κ1) is 20.6. The second kappa shape index (κ2) is 8.06. The number of amides is 2. The SMILES string of the molecule is O=C(Nc1ccc(C(F)(F)F)cn1)[C@@H]1CCCN(C(=O)C2(O)CCCCC2)C1. The molecule has 1 saturated heterocycles. The Morgan fingerprint density at radius 3 is 2.50 bits per heavy atom. The molecule has 2 fully saturated rings. The second-order valence-corrected chi connectivity index (χ2v) is 7.60. The van der Waals surface area contributed by atoms with Crippen molar-refractivity contribution in [1.29, 1.82) is 0 Å². The standard InChI is InChI=1S/C19H24F3N3O3/c20-19(21,22)14-6-7-15(23-11-14)24-16(26)13-5-4-10-25(12-13)17(27)18(28)8-2-1-3-9-18/h6-7,11,13,28H,1-5,8-10,12H2,(H,23,24,26)/t13-/m1/s1. The Balaban J connectivity index is 1.60. The summed E-state index contributed by atoms with van der Waals surface area (Å²) < 4.78 is 37.8. The van der Waals surface area contributed by atoms with Crippen LogP contribution in [0.2, 0.25) is 0 Å². The van der Waals surface area contributed by atoms with Crippen molar-refractivity contribution in [2.24, 2.45) is 5.92 Å². The highest BCUT2D eigenvalue weighted by molar-refractivity contribution is 5.93. The summed E-state index contributed by atoms with van der Waals surface area (Å²) in [5.41, 5.74) is -2.23. The average molecular weight is 399 g/mol. The molecule has 0 aromatic carbocycles. The van der Waals surface area contributed by atoms with Gasteiger partial charge in [0.2, 0.25) is 5.91 Å². The summed E-state index contributed by atoms with van der Waals surface area (Å²) in [6.07, 6.45) is 0.863. The van der Waals surface area contributed by atoms with Gasteiger partial charge in [0.05, 0.1) is 11.5 Å². The fourth-order valence-electron chi connectivity index (χ4n) is 3.88. The molecule has 1 aliphatic carbocycles. The van der Waals surface area contributed by atoms with E-state index < -0.39 is 23.3 Å². The Labute approximate surface area is 161 Å². The molecule has 0 spiro atoms. The van der Waals surface area contributed by atoms with Gasteiger partial charge in [-0.1, -0.05) is 19.3 Å². The minimum atomic E-state index is -4.49. The van der Waals surface area contributed by atoms with Gasteiger partial charge in [0.25, 0.3) is 5.91 Å². The third-order valence-corrected chi connectivity index (χ3v) is 5.50. The number of anilines is 1. The second-order valence-electron chi connectivity index (χ2n) is 7.60. The van der Waals surface area contributed by atoms with E-state index in [1.807, 2.05) is 0 Å². The molecule has 1 aromatic heterocycles. The van der Waals surface area contributed by atoms with Crippen LogP contribution in [0.5, 0.6) is 0 Å². The molecule has 2 N–H and O–H groups in total. The molecule has 0 radical (unpaired) electrons. The molecule has 28 heavy (non-hydrogen) atoms. The molecular formula is C19H24F3N3O3. The first-order valence-electron chi connectivity index (χ1n) is 9.55. The zero-order chi connectivity index (χ0) is 20.4. The fourth-order valence-corrected chi connectivity index (χ4v) is 3.88. The van der Waals surface area contributed by atoms with Gasteiger partial charge in [0.1, 0.15) is 11.4 Å². The van der Waals surface area contributed by atoms with Crippen molar-refractivity contribution in [2.45, 2.75) is 56.7 Å². The highest BCUT2D eigenvalue weighted by Gasteiger charge is 2.42. The molecule has 1 aliphatic heterocycles. The molecule has 0 bridgehead atoms. The van der Waals surface area contributed by atoms with Crippen LogP contribution in [0.15, 0.2) is 18.3 Å². The number of rotatable bonds is 3. The number of nitrogens with zero attached hydrogens (tertiary/aromatic N) is 2. The summed E-state index contributed by atoms with van der Waals surface area (Å²) >= 11 is 0. The largest absolute Gasteiger partial charge is 0.417 e. The molecule has 2 aliphatic rings. The molecule has 6 nitrogen and oxygen atoms in total. The van der Waals surface area contributed by atoms with E-state index in [0.29, 0.717) is 38.4 Å². The summed E-state index contributed by atoms with van der Waals surface area (Å²) in [7, 11) is 0. The van der Waals surface area contributed by atoms with Crippen LogP contribution in [0.1, 0.15) is 50.5 Å². The monoisotopic (exact) mass is 399 g/mol. The number of piperidine rings is 1. The number of aromatic nitrogens is 1. The number of halogens is 3. The summed E-state index contributed by atoms with van der Waals surface area (Å²) in [6, 6.07) is 1.97. The van der Waals surface area contributed by atoms with E-state index in [2.05, 4.69) is 10.3 Å². The van der Waals surface area contributed by atoms with Crippen LogP contribution in [0.3, 0.4) is 0 Å². The summed E-state index contributed by atoms with van der Waals surface area (Å²) in [5, 5.41) is 13.2. The number of pyridine rings is 1. The fraction of sp³-hybridized carbons (Fsp3) is 0.632. The van der Waals surface area contributed by atoms with Crippen LogP contribution in [0.4, 0.5) is 19.0 Å². The van der Waals surface area contributed by atoms with Gasteiger partial charge in [-0.3, -0.25) is 9.59 Å². The van der Waals surface area contributed by atoms with Crippen LogP contribution >= 0.6 is 0 Å². The van der Waals surface area contributed by atoms with Crippen molar-refractivity contribution >= 4 is 17.6 Å². The van der Waals surface area contributed by atoms with Crippen LogP contribution in [-0.2, 0) is 15.8 Å². The van der Waals surface area contributed by atoms with Gasteiger partial charge in [-0.2, -0.15) is 13.2 Å². The van der Waals surface area contributed by atoms with Crippen molar-refractivity contribution in [1.82, 2.24) is 9.88 Å². The number of nitrogens with one attached hydrogen (secondary N) is 1. The predicted octanol–water partition coefficient (Wildman–Crippen LogP) is 2.97. The molecular weight excluding hydrogens is 375 g/mol. The molecule has 1 saturated carbocycles. The number of aliphatic hydroxyl groups is 1. The number of alkyl halides is 3. The third-order valence-electron chi connectivity index (χ3n) is 5.50. The molecule has 1 aromatic rings. The minimum absolute atomic E-state index is 0.0346. The molecule has 2 amide bonds. The Bertz CT molecular complexity index is 715. The van der Waals surface area contributed by atoms with Crippen LogP contribution in [0.25, 0.3) is 0 Å². The molecule has 1 atom stereocenters. The van der Waals surface area contributed by atoms with Gasteiger partial charge in [-0.25, -0.2) is 4.98 Å². The van der Waals surface area contributed by atoms with E-state index in [1.165, 1.54) is 0 Å². The maximum Gasteiger partial charge on any atom is 0.417 e. The Hall–Kier alpha value is -2.16. The Kier molecular flexibility index (Phi) is 5.92. The van der Waals surface area contributed by atoms with E-state index in [4.69, 9.17) is 0 Å². The van der Waals surface area contributed by atoms with Crippen LogP contribution in [0, 0.1) is 5.92 Å². The number of likely N-dealkylation sites (tertiary alicyclic amines) is 1. The van der Waals surface area contributed by atoms with Gasteiger partial charge in [-0.15, -0.1) is 0 Å². The van der Waals surface area contributed by atoms with Gasteiger partial charge in [0, 0.05) is 19.3 Å². The van der Waals surface area contributed by atoms with Crippen LogP contribution < -0.4 is 5.32 Å². The highest BCUT2D eigenvalue weighted by atomic mass is 19.4. The topological polar surface area (TPSA) is 82.5 Å². The highest BCUT2D eigenvalue weighted by Crippen LogP contribution is 2.32. The molecule has 154 valence electrons. The first-order chi connectivity index (χ1) is 13.2. The summed E-state index contributed by atoms with van der Waals surface area (Å²) in [5.74, 6) is -1.17. The number of hydrogen-bond donors (Lipinski definition) is 2. The number of hydrogen-bond acceptors (Lipinski definition) is 4. The average Bonchev–Trinajstić information content (AvgIpc) is 2.68. The normalized spacial score (nSPS) is 22.6.